The van der Waals surface area contributed by atoms with E-state index < -0.39 is 16.8 Å². The van der Waals surface area contributed by atoms with Crippen LogP contribution in [0.1, 0.15) is 116 Å². The number of rotatable bonds is 3. The van der Waals surface area contributed by atoms with Gasteiger partial charge in [-0.1, -0.05) is 132 Å². The molecule has 0 aliphatic carbocycles. The molecule has 0 radical (unpaired) electrons. The second-order valence-electron chi connectivity index (χ2n) is 14.6. The molecule has 3 aromatic rings. The second-order valence-corrected chi connectivity index (χ2v) is 14.6. The van der Waals surface area contributed by atoms with Crippen molar-refractivity contribution < 1.29 is 15.0 Å². The van der Waals surface area contributed by atoms with Crippen LogP contribution in [0.4, 0.5) is 0 Å². The quantitative estimate of drug-likeness (QED) is 0.366. The van der Waals surface area contributed by atoms with Crippen molar-refractivity contribution in [2.24, 2.45) is 0 Å². The first-order chi connectivity index (χ1) is 17.2. The zero-order valence-corrected chi connectivity index (χ0v) is 25.4. The summed E-state index contributed by atoms with van der Waals surface area (Å²) in [6.07, 6.45) is 0. The van der Waals surface area contributed by atoms with Crippen LogP contribution >= 0.6 is 0 Å². The van der Waals surface area contributed by atoms with Gasteiger partial charge in [0.25, 0.3) is 0 Å². The van der Waals surface area contributed by atoms with E-state index in [4.69, 9.17) is 0 Å². The Hall–Kier alpha value is -3.07. The van der Waals surface area contributed by atoms with E-state index in [1.165, 1.54) is 0 Å². The Balaban J connectivity index is 2.83. The molecule has 3 heteroatoms. The number of phenols is 1. The smallest absolute Gasteiger partial charge is 0.340 e. The van der Waals surface area contributed by atoms with Crippen LogP contribution in [0.2, 0.25) is 0 Å². The summed E-state index contributed by atoms with van der Waals surface area (Å²) in [5.41, 5.74) is 5.91. The van der Waals surface area contributed by atoms with Crippen LogP contribution < -0.4 is 0 Å². The number of hydrogen-bond acceptors (Lipinski definition) is 2. The minimum atomic E-state index is -1.12. The van der Waals surface area contributed by atoms with E-state index >= 15 is 0 Å². The molecule has 3 rings (SSSR count). The number of carboxylic acids is 1. The van der Waals surface area contributed by atoms with Gasteiger partial charge in [-0.3, -0.25) is 0 Å². The Morgan fingerprint density at radius 2 is 0.921 bits per heavy atom. The summed E-state index contributed by atoms with van der Waals surface area (Å²) in [5.74, 6) is -1.26. The fourth-order valence-electron chi connectivity index (χ4n) is 5.67. The maximum absolute atomic E-state index is 13.0. The second kappa shape index (κ2) is 9.59. The van der Waals surface area contributed by atoms with Gasteiger partial charge in [-0.05, 0) is 55.0 Å². The van der Waals surface area contributed by atoms with E-state index in [0.29, 0.717) is 11.1 Å². The molecule has 204 valence electrons. The molecule has 0 aliphatic rings. The first kappa shape index (κ1) is 29.5. The van der Waals surface area contributed by atoms with Crippen molar-refractivity contribution in [1.82, 2.24) is 0 Å². The third-order valence-corrected chi connectivity index (χ3v) is 7.20. The number of aromatic hydroxyl groups is 1. The SMILES string of the molecule is CC(C)(C)c1ccccc1-c1c(C(=O)O)c(O)c(C(C)(C)C)c(-c2ccccc2C(C)(C)C)c1C(C)(C)C. The van der Waals surface area contributed by atoms with Gasteiger partial charge in [0.2, 0.25) is 0 Å². The molecule has 0 aliphatic heterocycles. The van der Waals surface area contributed by atoms with E-state index in [0.717, 1.165) is 33.4 Å². The molecular weight excluding hydrogens is 468 g/mol. The summed E-state index contributed by atoms with van der Waals surface area (Å²) in [7, 11) is 0. The average Bonchev–Trinajstić information content (AvgIpc) is 2.75. The standard InChI is InChI=1S/C35H46O3/c1-32(2,3)23-19-15-13-17-21(23)25-27(31(37)38)30(36)29(35(10,11)12)26(28(25)34(7,8)9)22-18-14-16-20-24(22)33(4,5)6/h13-20,36H,1-12H3,(H,37,38). The summed E-state index contributed by atoms with van der Waals surface area (Å²) in [6.45, 7) is 25.6. The fourth-order valence-corrected chi connectivity index (χ4v) is 5.67. The van der Waals surface area contributed by atoms with Crippen molar-refractivity contribution in [3.05, 3.63) is 76.3 Å². The Morgan fingerprint density at radius 3 is 1.26 bits per heavy atom. The van der Waals surface area contributed by atoms with Crippen LogP contribution in [0.5, 0.6) is 5.75 Å². The Labute approximate surface area is 229 Å². The number of hydrogen-bond donors (Lipinski definition) is 2. The van der Waals surface area contributed by atoms with Gasteiger partial charge in [-0.2, -0.15) is 0 Å². The Morgan fingerprint density at radius 1 is 0.553 bits per heavy atom. The maximum Gasteiger partial charge on any atom is 0.340 e. The van der Waals surface area contributed by atoms with Crippen LogP contribution in [0.3, 0.4) is 0 Å². The predicted molar refractivity (Wildman–Crippen MR) is 161 cm³/mol. The lowest BCUT2D eigenvalue weighted by Gasteiger charge is -2.37. The van der Waals surface area contributed by atoms with Gasteiger partial charge in [0.15, 0.2) is 0 Å². The minimum absolute atomic E-state index is 0.0199. The fraction of sp³-hybridized carbons (Fsp3) is 0.457. The van der Waals surface area contributed by atoms with Crippen molar-refractivity contribution in [1.29, 1.82) is 0 Å². The number of benzene rings is 3. The molecule has 0 spiro atoms. The van der Waals surface area contributed by atoms with Gasteiger partial charge in [-0.25, -0.2) is 4.79 Å². The molecule has 3 aromatic carbocycles. The maximum atomic E-state index is 13.0. The molecule has 0 saturated carbocycles. The highest BCUT2D eigenvalue weighted by molar-refractivity contribution is 6.04. The third kappa shape index (κ3) is 5.39. The molecule has 0 saturated heterocycles. The number of aromatic carboxylic acids is 1. The molecule has 0 atom stereocenters. The van der Waals surface area contributed by atoms with Crippen molar-refractivity contribution in [2.45, 2.75) is 105 Å². The lowest BCUT2D eigenvalue weighted by molar-refractivity contribution is 0.0694. The van der Waals surface area contributed by atoms with Gasteiger partial charge in [0.05, 0.1) is 0 Å². The zero-order chi connectivity index (χ0) is 29.0. The topological polar surface area (TPSA) is 57.5 Å². The molecule has 3 nitrogen and oxygen atoms in total. The molecule has 2 N–H and O–H groups in total. The molecule has 0 aromatic heterocycles. The van der Waals surface area contributed by atoms with Crippen LogP contribution in [0.15, 0.2) is 48.5 Å². The lowest BCUT2D eigenvalue weighted by atomic mass is 9.67. The van der Waals surface area contributed by atoms with Gasteiger partial charge in [0, 0.05) is 11.1 Å². The summed E-state index contributed by atoms with van der Waals surface area (Å²) in [5, 5.41) is 22.6. The molecule has 0 fully saturated rings. The molecule has 0 bridgehead atoms. The summed E-state index contributed by atoms with van der Waals surface area (Å²) < 4.78 is 0. The highest BCUT2D eigenvalue weighted by atomic mass is 16.4. The van der Waals surface area contributed by atoms with E-state index in [-0.39, 0.29) is 22.1 Å². The predicted octanol–water partition coefficient (Wildman–Crippen LogP) is 9.61. The van der Waals surface area contributed by atoms with Gasteiger partial charge in [-0.15, -0.1) is 0 Å². The highest BCUT2D eigenvalue weighted by Crippen LogP contribution is 2.54. The highest BCUT2D eigenvalue weighted by Gasteiger charge is 2.39. The van der Waals surface area contributed by atoms with Gasteiger partial charge < -0.3 is 10.2 Å². The van der Waals surface area contributed by atoms with Crippen molar-refractivity contribution >= 4 is 5.97 Å². The molecule has 0 unspecified atom stereocenters. The average molecular weight is 515 g/mol. The van der Waals surface area contributed by atoms with E-state index in [1.54, 1.807) is 0 Å². The van der Waals surface area contributed by atoms with E-state index in [1.807, 2.05) is 45.0 Å². The molecule has 0 amide bonds. The summed E-state index contributed by atoms with van der Waals surface area (Å²) in [6, 6.07) is 16.4. The van der Waals surface area contributed by atoms with Gasteiger partial charge >= 0.3 is 5.97 Å². The van der Waals surface area contributed by atoms with E-state index in [9.17, 15) is 15.0 Å². The number of carboxylic acid groups (broad SMARTS) is 1. The largest absolute Gasteiger partial charge is 0.507 e. The summed E-state index contributed by atoms with van der Waals surface area (Å²) >= 11 is 0. The third-order valence-electron chi connectivity index (χ3n) is 7.20. The van der Waals surface area contributed by atoms with Crippen LogP contribution in [0, 0.1) is 0 Å². The van der Waals surface area contributed by atoms with Gasteiger partial charge in [0.1, 0.15) is 11.3 Å². The molecular formula is C35H46O3. The van der Waals surface area contributed by atoms with E-state index in [2.05, 4.69) is 86.6 Å². The zero-order valence-electron chi connectivity index (χ0n) is 25.4. The Bertz CT molecular complexity index is 1360. The van der Waals surface area contributed by atoms with Crippen molar-refractivity contribution in [2.75, 3.05) is 0 Å². The van der Waals surface area contributed by atoms with Crippen LogP contribution in [-0.4, -0.2) is 16.2 Å². The monoisotopic (exact) mass is 514 g/mol. The summed E-state index contributed by atoms with van der Waals surface area (Å²) in [4.78, 5) is 13.0. The molecule has 38 heavy (non-hydrogen) atoms. The first-order valence-corrected chi connectivity index (χ1v) is 13.6. The lowest BCUT2D eigenvalue weighted by Crippen LogP contribution is -2.25. The normalized spacial score (nSPS) is 13.1. The molecule has 0 heterocycles. The van der Waals surface area contributed by atoms with Crippen LogP contribution in [-0.2, 0) is 21.7 Å². The van der Waals surface area contributed by atoms with Crippen LogP contribution in [0.25, 0.3) is 22.3 Å². The first-order valence-electron chi connectivity index (χ1n) is 13.6. The van der Waals surface area contributed by atoms with Crippen molar-refractivity contribution in [3.8, 4) is 28.0 Å². The minimum Gasteiger partial charge on any atom is -0.507 e. The number of carbonyl (C=O) groups is 1. The Kier molecular flexibility index (Phi) is 7.44. The van der Waals surface area contributed by atoms with Crippen molar-refractivity contribution in [3.63, 3.8) is 0 Å².